The minimum Gasteiger partial charge on any atom is -0.504 e. The number of hydrogen-bond donors (Lipinski definition) is 2. The number of ether oxygens (including phenoxy) is 2. The average Bonchev–Trinajstić information content (AvgIpc) is 3.17. The molecule has 9 heteroatoms. The average molecular weight is 447 g/mol. The molecule has 31 heavy (non-hydrogen) atoms. The van der Waals surface area contributed by atoms with Crippen LogP contribution in [0.1, 0.15) is 30.4 Å². The number of halogens is 1. The molecule has 1 saturated carbocycles. The molecule has 1 heterocycles. The fourth-order valence-corrected chi connectivity index (χ4v) is 6.96. The Labute approximate surface area is 178 Å². The van der Waals surface area contributed by atoms with Crippen molar-refractivity contribution in [3.63, 3.8) is 0 Å². The van der Waals surface area contributed by atoms with Gasteiger partial charge in [0.05, 0.1) is 19.7 Å². The van der Waals surface area contributed by atoms with Crippen molar-refractivity contribution in [2.75, 3.05) is 14.2 Å². The van der Waals surface area contributed by atoms with Gasteiger partial charge in [-0.15, -0.1) is 0 Å². The van der Waals surface area contributed by atoms with Gasteiger partial charge in [0.15, 0.2) is 17.2 Å². The zero-order valence-electron chi connectivity index (χ0n) is 17.1. The van der Waals surface area contributed by atoms with Crippen LogP contribution < -0.4 is 9.47 Å². The fraction of sp³-hybridized carbons (Fsp3) is 0.409. The molecular weight excluding hydrogens is 425 g/mol. The highest BCUT2D eigenvalue weighted by atomic mass is 32.2. The Morgan fingerprint density at radius 3 is 2.42 bits per heavy atom. The van der Waals surface area contributed by atoms with E-state index in [2.05, 4.69) is 4.98 Å². The van der Waals surface area contributed by atoms with E-state index in [1.54, 1.807) is 12.1 Å². The van der Waals surface area contributed by atoms with E-state index in [4.69, 9.17) is 9.47 Å². The van der Waals surface area contributed by atoms with Gasteiger partial charge in [0.25, 0.3) is 16.1 Å². The second kappa shape index (κ2) is 6.67. The normalized spacial score (nSPS) is 23.0. The standard InChI is InChI=1S/C22H22FNO6S/c1-29-18-8-12-13(9-19(18)30-2)16-10-22(31(26,27)28)5-3-4-11(22)6-14(16)20-15(12)7-17(25)21(23)24-20/h7-9,11,25H,3-6,10H2,1-2H3,(H,26,27,28). The molecule has 3 aromatic rings. The molecule has 2 atom stereocenters. The minimum absolute atomic E-state index is 0.109. The number of rotatable bonds is 3. The molecule has 164 valence electrons. The molecule has 2 aromatic carbocycles. The lowest BCUT2D eigenvalue weighted by Crippen LogP contribution is -2.47. The third kappa shape index (κ3) is 2.72. The zero-order valence-corrected chi connectivity index (χ0v) is 17.9. The van der Waals surface area contributed by atoms with Crippen LogP contribution in [0.3, 0.4) is 0 Å². The van der Waals surface area contributed by atoms with Crippen molar-refractivity contribution in [1.29, 1.82) is 0 Å². The third-order valence-corrected chi connectivity index (χ3v) is 8.79. The molecule has 2 aliphatic rings. The Morgan fingerprint density at radius 1 is 1.10 bits per heavy atom. The van der Waals surface area contributed by atoms with Crippen LogP contribution in [0.2, 0.25) is 0 Å². The van der Waals surface area contributed by atoms with Gasteiger partial charge < -0.3 is 14.6 Å². The second-order valence-corrected chi connectivity index (χ2v) is 10.2. The molecule has 0 saturated heterocycles. The number of aromatic nitrogens is 1. The van der Waals surface area contributed by atoms with Crippen LogP contribution in [0.4, 0.5) is 4.39 Å². The van der Waals surface area contributed by atoms with Crippen LogP contribution in [-0.4, -0.2) is 42.0 Å². The summed E-state index contributed by atoms with van der Waals surface area (Å²) in [7, 11) is -1.32. The van der Waals surface area contributed by atoms with Gasteiger partial charge >= 0.3 is 0 Å². The highest BCUT2D eigenvalue weighted by molar-refractivity contribution is 7.87. The SMILES string of the molecule is COc1cc2c3c(c4nc(F)c(O)cc4c2cc1OC)CC1CCCC1(S(=O)(=O)O)C3. The van der Waals surface area contributed by atoms with Crippen molar-refractivity contribution in [2.24, 2.45) is 5.92 Å². The van der Waals surface area contributed by atoms with E-state index in [1.165, 1.54) is 20.3 Å². The summed E-state index contributed by atoms with van der Waals surface area (Å²) in [6, 6.07) is 4.82. The molecule has 0 bridgehead atoms. The number of pyridine rings is 1. The Morgan fingerprint density at radius 2 is 1.77 bits per heavy atom. The number of nitrogens with zero attached hydrogens (tertiary/aromatic N) is 1. The number of benzene rings is 2. The van der Waals surface area contributed by atoms with Gasteiger partial charge in [-0.3, -0.25) is 4.55 Å². The van der Waals surface area contributed by atoms with E-state index in [-0.39, 0.29) is 12.3 Å². The monoisotopic (exact) mass is 447 g/mol. The van der Waals surface area contributed by atoms with E-state index in [0.717, 1.165) is 5.56 Å². The number of hydrogen-bond acceptors (Lipinski definition) is 6. The van der Waals surface area contributed by atoms with Gasteiger partial charge in [-0.1, -0.05) is 6.42 Å². The van der Waals surface area contributed by atoms with E-state index < -0.39 is 26.6 Å². The Hall–Kier alpha value is -2.65. The van der Waals surface area contributed by atoms with Crippen molar-refractivity contribution in [1.82, 2.24) is 4.98 Å². The van der Waals surface area contributed by atoms with Crippen LogP contribution in [0.15, 0.2) is 18.2 Å². The number of methoxy groups -OCH3 is 2. The highest BCUT2D eigenvalue weighted by Crippen LogP contribution is 2.52. The summed E-state index contributed by atoms with van der Waals surface area (Å²) in [6.07, 6.45) is 2.18. The first-order valence-corrected chi connectivity index (χ1v) is 11.5. The largest absolute Gasteiger partial charge is 0.504 e. The third-order valence-electron chi connectivity index (χ3n) is 7.08. The summed E-state index contributed by atoms with van der Waals surface area (Å²) in [6.45, 7) is 0. The van der Waals surface area contributed by atoms with Gasteiger partial charge in [-0.2, -0.15) is 12.8 Å². The van der Waals surface area contributed by atoms with Crippen molar-refractivity contribution in [2.45, 2.75) is 36.9 Å². The summed E-state index contributed by atoms with van der Waals surface area (Å²) in [4.78, 5) is 4.04. The molecule has 2 unspecified atom stereocenters. The van der Waals surface area contributed by atoms with Gasteiger partial charge in [-0.25, -0.2) is 4.98 Å². The Balaban J connectivity index is 1.93. The van der Waals surface area contributed by atoms with Gasteiger partial charge in [0.2, 0.25) is 0 Å². The maximum absolute atomic E-state index is 14.3. The molecule has 7 nitrogen and oxygen atoms in total. The summed E-state index contributed by atoms with van der Waals surface area (Å²) in [5, 5.41) is 11.9. The Kier molecular flexibility index (Phi) is 4.36. The lowest BCUT2D eigenvalue weighted by atomic mass is 9.74. The molecule has 1 fully saturated rings. The number of aromatic hydroxyl groups is 1. The maximum Gasteiger partial charge on any atom is 0.271 e. The molecule has 1 aromatic heterocycles. The lowest BCUT2D eigenvalue weighted by molar-refractivity contribution is 0.340. The van der Waals surface area contributed by atoms with Crippen LogP contribution >= 0.6 is 0 Å². The molecule has 2 N–H and O–H groups in total. The quantitative estimate of drug-likeness (QED) is 0.358. The van der Waals surface area contributed by atoms with E-state index in [0.29, 0.717) is 64.4 Å². The molecular formula is C22H22FNO6S. The van der Waals surface area contributed by atoms with Crippen molar-refractivity contribution >= 4 is 31.8 Å². The van der Waals surface area contributed by atoms with Gasteiger partial charge in [-0.05, 0) is 71.7 Å². The van der Waals surface area contributed by atoms with Crippen LogP contribution in [0, 0.1) is 11.9 Å². The van der Waals surface area contributed by atoms with Crippen LogP contribution in [0.25, 0.3) is 21.7 Å². The van der Waals surface area contributed by atoms with E-state index >= 15 is 0 Å². The smallest absolute Gasteiger partial charge is 0.271 e. The first-order chi connectivity index (χ1) is 14.7. The predicted octanol–water partition coefficient (Wildman–Crippen LogP) is 3.78. The summed E-state index contributed by atoms with van der Waals surface area (Å²) >= 11 is 0. The number of fused-ring (bicyclic) bond motifs is 7. The fourth-order valence-electron chi connectivity index (χ4n) is 5.61. The first kappa shape index (κ1) is 20.3. The molecule has 0 radical (unpaired) electrons. The van der Waals surface area contributed by atoms with Crippen molar-refractivity contribution < 1.29 is 31.9 Å². The first-order valence-electron chi connectivity index (χ1n) is 10.1. The van der Waals surface area contributed by atoms with Crippen LogP contribution in [0.5, 0.6) is 17.2 Å². The van der Waals surface area contributed by atoms with Crippen molar-refractivity contribution in [3.8, 4) is 17.2 Å². The lowest BCUT2D eigenvalue weighted by Gasteiger charge is -2.38. The summed E-state index contributed by atoms with van der Waals surface area (Å²) < 4.78 is 59.1. The predicted molar refractivity (Wildman–Crippen MR) is 113 cm³/mol. The topological polar surface area (TPSA) is 106 Å². The summed E-state index contributed by atoms with van der Waals surface area (Å²) in [5.74, 6) is -0.918. The van der Waals surface area contributed by atoms with Crippen molar-refractivity contribution in [3.05, 3.63) is 35.3 Å². The molecule has 5 rings (SSSR count). The minimum atomic E-state index is -4.32. The van der Waals surface area contributed by atoms with E-state index in [1.807, 2.05) is 0 Å². The zero-order chi connectivity index (χ0) is 22.1. The second-order valence-electron chi connectivity index (χ2n) is 8.41. The summed E-state index contributed by atoms with van der Waals surface area (Å²) in [5.41, 5.74) is 1.84. The molecule has 0 amide bonds. The maximum atomic E-state index is 14.3. The molecule has 2 aliphatic carbocycles. The van der Waals surface area contributed by atoms with E-state index in [9.17, 15) is 22.5 Å². The van der Waals surface area contributed by atoms with Gasteiger partial charge in [0.1, 0.15) is 4.75 Å². The van der Waals surface area contributed by atoms with Crippen LogP contribution in [-0.2, 0) is 23.0 Å². The Bertz CT molecular complexity index is 1360. The molecule has 0 aliphatic heterocycles. The molecule has 0 spiro atoms. The highest BCUT2D eigenvalue weighted by Gasteiger charge is 2.55. The van der Waals surface area contributed by atoms with Gasteiger partial charge in [0, 0.05) is 5.39 Å².